The first kappa shape index (κ1) is 26.1. The largest absolute Gasteiger partial charge is 0.370 e. The number of ether oxygens (including phenoxy) is 1. The van der Waals surface area contributed by atoms with Crippen LogP contribution in [0.25, 0.3) is 0 Å². The van der Waals surface area contributed by atoms with Gasteiger partial charge in [-0.25, -0.2) is 4.99 Å². The zero-order valence-corrected chi connectivity index (χ0v) is 21.7. The van der Waals surface area contributed by atoms with Crippen molar-refractivity contribution in [3.05, 3.63) is 47.8 Å². The van der Waals surface area contributed by atoms with Crippen LogP contribution in [0.3, 0.4) is 0 Å². The lowest BCUT2D eigenvalue weighted by atomic mass is 10.1. The minimum absolute atomic E-state index is 0. The van der Waals surface area contributed by atoms with Crippen LogP contribution >= 0.6 is 24.0 Å². The molecule has 2 N–H and O–H groups in total. The molecule has 1 aromatic heterocycles. The molecule has 8 nitrogen and oxygen atoms in total. The summed E-state index contributed by atoms with van der Waals surface area (Å²) in [7, 11) is 1.91. The van der Waals surface area contributed by atoms with Crippen molar-refractivity contribution in [3.8, 4) is 0 Å². The van der Waals surface area contributed by atoms with Crippen LogP contribution in [0.4, 0.5) is 5.69 Å². The number of halogens is 1. The average molecular weight is 554 g/mol. The lowest BCUT2D eigenvalue weighted by Gasteiger charge is -2.34. The molecule has 1 aliphatic heterocycles. The molecule has 1 amide bonds. The summed E-state index contributed by atoms with van der Waals surface area (Å²) >= 11 is 0. The Bertz CT molecular complexity index is 898. The van der Waals surface area contributed by atoms with E-state index in [1.54, 1.807) is 4.68 Å². The molecule has 32 heavy (non-hydrogen) atoms. The molecule has 0 aliphatic carbocycles. The van der Waals surface area contributed by atoms with Gasteiger partial charge in [0.2, 0.25) is 5.91 Å². The summed E-state index contributed by atoms with van der Waals surface area (Å²) < 4.78 is 7.76. The fourth-order valence-electron chi connectivity index (χ4n) is 3.57. The van der Waals surface area contributed by atoms with E-state index in [2.05, 4.69) is 27.6 Å². The number of carbonyl (C=O) groups is 1. The molecule has 1 unspecified atom stereocenters. The summed E-state index contributed by atoms with van der Waals surface area (Å²) in [6.07, 6.45) is 4.35. The third-order valence-electron chi connectivity index (χ3n) is 5.01. The van der Waals surface area contributed by atoms with Gasteiger partial charge in [-0.1, -0.05) is 26.0 Å². The molecular formula is C23H35IN6O2. The van der Waals surface area contributed by atoms with E-state index in [0.717, 1.165) is 42.4 Å². The molecule has 9 heteroatoms. The normalized spacial score (nSPS) is 16.6. The number of morpholine rings is 1. The molecule has 2 heterocycles. The number of aliphatic imine (C=N–C) groups is 1. The fraction of sp³-hybridized carbons (Fsp3) is 0.522. The van der Waals surface area contributed by atoms with Gasteiger partial charge in [-0.3, -0.25) is 9.48 Å². The molecule has 3 rings (SSSR count). The van der Waals surface area contributed by atoms with Crippen LogP contribution in [0.15, 0.2) is 41.7 Å². The van der Waals surface area contributed by atoms with E-state index in [4.69, 9.17) is 9.73 Å². The standard InChI is InChI=1S/C23H34N6O2.HI/c1-5-24-23(29-9-10-31-21(16-29)19-14-26-28(4)15-19)25-13-18-7-6-8-20(12-18)27-22(30)11-17(2)3;/h6-8,12,14-15,17,21H,5,9-11,13,16H2,1-4H3,(H,24,25)(H,27,30);1H. The number of guanidine groups is 1. The highest BCUT2D eigenvalue weighted by atomic mass is 127. The van der Waals surface area contributed by atoms with E-state index >= 15 is 0 Å². The van der Waals surface area contributed by atoms with E-state index in [9.17, 15) is 4.79 Å². The maximum absolute atomic E-state index is 12.1. The second-order valence-electron chi connectivity index (χ2n) is 8.27. The first-order valence-corrected chi connectivity index (χ1v) is 11.0. The maximum Gasteiger partial charge on any atom is 0.224 e. The van der Waals surface area contributed by atoms with Gasteiger partial charge >= 0.3 is 0 Å². The molecule has 0 bridgehead atoms. The number of benzene rings is 1. The molecule has 1 aliphatic rings. The smallest absolute Gasteiger partial charge is 0.224 e. The van der Waals surface area contributed by atoms with Crippen LogP contribution in [0, 0.1) is 5.92 Å². The summed E-state index contributed by atoms with van der Waals surface area (Å²) in [5, 5.41) is 10.6. The van der Waals surface area contributed by atoms with E-state index in [1.807, 2.05) is 57.6 Å². The topological polar surface area (TPSA) is 83.8 Å². The van der Waals surface area contributed by atoms with E-state index in [0.29, 0.717) is 25.5 Å². The van der Waals surface area contributed by atoms with Gasteiger partial charge in [0, 0.05) is 44.0 Å². The summed E-state index contributed by atoms with van der Waals surface area (Å²) in [6.45, 7) is 9.62. The Kier molecular flexibility index (Phi) is 10.4. The molecule has 1 saturated heterocycles. The van der Waals surface area contributed by atoms with Crippen molar-refractivity contribution in [3.63, 3.8) is 0 Å². The van der Waals surface area contributed by atoms with Gasteiger partial charge in [-0.05, 0) is 30.5 Å². The Hall–Kier alpha value is -2.14. The number of hydrogen-bond donors (Lipinski definition) is 2. The van der Waals surface area contributed by atoms with Crippen molar-refractivity contribution < 1.29 is 9.53 Å². The number of aryl methyl sites for hydroxylation is 1. The fourth-order valence-corrected chi connectivity index (χ4v) is 3.57. The summed E-state index contributed by atoms with van der Waals surface area (Å²) in [5.41, 5.74) is 2.94. The summed E-state index contributed by atoms with van der Waals surface area (Å²) in [4.78, 5) is 19.2. The van der Waals surface area contributed by atoms with Gasteiger partial charge in [0.15, 0.2) is 5.96 Å². The van der Waals surface area contributed by atoms with Crippen LogP contribution in [0.2, 0.25) is 0 Å². The predicted molar refractivity (Wildman–Crippen MR) is 138 cm³/mol. The minimum Gasteiger partial charge on any atom is -0.370 e. The molecule has 2 aromatic rings. The zero-order chi connectivity index (χ0) is 22.2. The number of nitrogens with zero attached hydrogens (tertiary/aromatic N) is 4. The van der Waals surface area contributed by atoms with Crippen LogP contribution in [0.5, 0.6) is 0 Å². The van der Waals surface area contributed by atoms with Crippen LogP contribution in [-0.2, 0) is 23.1 Å². The SMILES string of the molecule is CCNC(=NCc1cccc(NC(=O)CC(C)C)c1)N1CCOC(c2cnn(C)c2)C1.I. The monoisotopic (exact) mass is 554 g/mol. The minimum atomic E-state index is -0.0224. The molecule has 176 valence electrons. The number of anilines is 1. The number of carbonyl (C=O) groups excluding carboxylic acids is 1. The average Bonchev–Trinajstić information content (AvgIpc) is 3.17. The van der Waals surface area contributed by atoms with Crippen molar-refractivity contribution in [2.24, 2.45) is 18.0 Å². The lowest BCUT2D eigenvalue weighted by Crippen LogP contribution is -2.48. The van der Waals surface area contributed by atoms with E-state index in [-0.39, 0.29) is 36.0 Å². The third-order valence-corrected chi connectivity index (χ3v) is 5.01. The van der Waals surface area contributed by atoms with Crippen LogP contribution < -0.4 is 10.6 Å². The van der Waals surface area contributed by atoms with Crippen molar-refractivity contribution >= 4 is 41.5 Å². The number of aromatic nitrogens is 2. The Labute approximate surface area is 207 Å². The predicted octanol–water partition coefficient (Wildman–Crippen LogP) is 3.56. The Morgan fingerprint density at radius 2 is 2.19 bits per heavy atom. The van der Waals surface area contributed by atoms with E-state index in [1.165, 1.54) is 0 Å². The van der Waals surface area contributed by atoms with Crippen LogP contribution in [-0.4, -0.2) is 52.8 Å². The Morgan fingerprint density at radius 1 is 1.38 bits per heavy atom. The second kappa shape index (κ2) is 12.8. The number of nitrogens with one attached hydrogen (secondary N) is 2. The molecule has 1 fully saturated rings. The lowest BCUT2D eigenvalue weighted by molar-refractivity contribution is -0.116. The summed E-state index contributed by atoms with van der Waals surface area (Å²) in [5.74, 6) is 1.24. The highest BCUT2D eigenvalue weighted by molar-refractivity contribution is 14.0. The third kappa shape index (κ3) is 7.77. The highest BCUT2D eigenvalue weighted by Crippen LogP contribution is 2.22. The van der Waals surface area contributed by atoms with Gasteiger partial charge in [0.1, 0.15) is 6.10 Å². The summed E-state index contributed by atoms with van der Waals surface area (Å²) in [6, 6.07) is 7.89. The molecular weight excluding hydrogens is 519 g/mol. The van der Waals surface area contributed by atoms with Gasteiger partial charge in [-0.15, -0.1) is 24.0 Å². The number of rotatable bonds is 7. The number of hydrogen-bond acceptors (Lipinski definition) is 4. The van der Waals surface area contributed by atoms with Gasteiger partial charge < -0.3 is 20.3 Å². The maximum atomic E-state index is 12.1. The Balaban J connectivity index is 0.00000363. The quantitative estimate of drug-likeness (QED) is 0.311. The Morgan fingerprint density at radius 3 is 2.88 bits per heavy atom. The van der Waals surface area contributed by atoms with Crippen molar-refractivity contribution in [2.75, 3.05) is 31.6 Å². The van der Waals surface area contributed by atoms with Gasteiger partial charge in [-0.2, -0.15) is 5.10 Å². The molecule has 1 aromatic carbocycles. The van der Waals surface area contributed by atoms with Gasteiger partial charge in [0.05, 0.1) is 25.9 Å². The van der Waals surface area contributed by atoms with Crippen molar-refractivity contribution in [2.45, 2.75) is 39.8 Å². The first-order chi connectivity index (χ1) is 14.9. The molecule has 0 spiro atoms. The van der Waals surface area contributed by atoms with Crippen LogP contribution in [0.1, 0.15) is 44.4 Å². The highest BCUT2D eigenvalue weighted by Gasteiger charge is 2.25. The second-order valence-corrected chi connectivity index (χ2v) is 8.27. The van der Waals surface area contributed by atoms with Crippen molar-refractivity contribution in [1.82, 2.24) is 20.0 Å². The first-order valence-electron chi connectivity index (χ1n) is 11.0. The molecule has 0 saturated carbocycles. The van der Waals surface area contributed by atoms with Crippen molar-refractivity contribution in [1.29, 1.82) is 0 Å². The molecule has 1 atom stereocenters. The van der Waals surface area contributed by atoms with E-state index < -0.39 is 0 Å². The zero-order valence-electron chi connectivity index (χ0n) is 19.4. The number of amides is 1. The van der Waals surface area contributed by atoms with Gasteiger partial charge in [0.25, 0.3) is 0 Å². The molecule has 0 radical (unpaired) electrons.